The van der Waals surface area contributed by atoms with Gasteiger partial charge in [-0.25, -0.2) is 0 Å². The van der Waals surface area contributed by atoms with Gasteiger partial charge in [0.2, 0.25) is 5.91 Å². The Kier molecular flexibility index (Phi) is 42.6. The summed E-state index contributed by atoms with van der Waals surface area (Å²) in [5, 5.41) is 13.8. The first-order valence-electron chi connectivity index (χ1n) is 25.5. The maximum absolute atomic E-state index is 12.9. The SMILES string of the molecule is CCCCCC/C=C/CC/C=C/CC/C=C/C(O)C(COP(=O)([O-])OCC[N+](C)(C)C)NC(=O)CCCCCCCCCCC/C=C\CCCCCCCCCCCCCC. The number of allylic oxidation sites excluding steroid dienone is 7. The number of rotatable bonds is 46. The highest BCUT2D eigenvalue weighted by molar-refractivity contribution is 7.45. The number of unbranched alkanes of at least 4 members (excludes halogenated alkanes) is 27. The van der Waals surface area contributed by atoms with Crippen molar-refractivity contribution in [2.24, 2.45) is 0 Å². The van der Waals surface area contributed by atoms with E-state index in [4.69, 9.17) is 9.05 Å². The summed E-state index contributed by atoms with van der Waals surface area (Å²) >= 11 is 0. The second-order valence-electron chi connectivity index (χ2n) is 18.5. The molecule has 0 fully saturated rings. The molecule has 0 aromatic heterocycles. The minimum atomic E-state index is -4.60. The number of nitrogens with zero attached hydrogens (tertiary/aromatic N) is 1. The van der Waals surface area contributed by atoms with Crippen LogP contribution in [0.15, 0.2) is 48.6 Å². The van der Waals surface area contributed by atoms with E-state index in [0.717, 1.165) is 51.4 Å². The molecule has 0 aromatic rings. The maximum atomic E-state index is 12.9. The van der Waals surface area contributed by atoms with Crippen LogP contribution in [0.2, 0.25) is 0 Å². The van der Waals surface area contributed by atoms with E-state index in [1.165, 1.54) is 154 Å². The highest BCUT2D eigenvalue weighted by atomic mass is 31.2. The average molecular weight is 879 g/mol. The van der Waals surface area contributed by atoms with E-state index in [1.807, 2.05) is 27.2 Å². The topological polar surface area (TPSA) is 108 Å². The van der Waals surface area contributed by atoms with Gasteiger partial charge in [0.1, 0.15) is 13.2 Å². The number of phosphoric acid groups is 1. The molecule has 9 heteroatoms. The summed E-state index contributed by atoms with van der Waals surface area (Å²) in [4.78, 5) is 25.4. The Hall–Kier alpha value is -1.54. The number of aliphatic hydroxyl groups is 1. The van der Waals surface area contributed by atoms with Crippen molar-refractivity contribution < 1.29 is 32.9 Å². The van der Waals surface area contributed by atoms with E-state index >= 15 is 0 Å². The lowest BCUT2D eigenvalue weighted by molar-refractivity contribution is -0.870. The second-order valence-corrected chi connectivity index (χ2v) is 19.9. The molecule has 1 amide bonds. The molecule has 358 valence electrons. The van der Waals surface area contributed by atoms with E-state index in [1.54, 1.807) is 6.08 Å². The first kappa shape index (κ1) is 59.5. The molecule has 0 rings (SSSR count). The molecule has 0 aliphatic rings. The Labute approximate surface area is 378 Å². The highest BCUT2D eigenvalue weighted by Gasteiger charge is 2.23. The average Bonchev–Trinajstić information content (AvgIpc) is 3.21. The van der Waals surface area contributed by atoms with E-state index in [2.05, 4.69) is 55.6 Å². The fraction of sp³-hybridized carbons (Fsp3) is 0.827. The smallest absolute Gasteiger partial charge is 0.268 e. The molecule has 0 aromatic carbocycles. The van der Waals surface area contributed by atoms with Crippen molar-refractivity contribution in [1.82, 2.24) is 5.32 Å². The number of phosphoric ester groups is 1. The summed E-state index contributed by atoms with van der Waals surface area (Å²) in [5.41, 5.74) is 0. The Bertz CT molecular complexity index is 1130. The van der Waals surface area contributed by atoms with Gasteiger partial charge in [0.15, 0.2) is 0 Å². The third kappa shape index (κ3) is 46.3. The van der Waals surface area contributed by atoms with Gasteiger partial charge >= 0.3 is 0 Å². The Balaban J connectivity index is 4.27. The van der Waals surface area contributed by atoms with Crippen molar-refractivity contribution in [1.29, 1.82) is 0 Å². The Morgan fingerprint density at radius 1 is 0.557 bits per heavy atom. The normalized spacial score (nSPS) is 14.5. The molecule has 2 N–H and O–H groups in total. The van der Waals surface area contributed by atoms with E-state index in [-0.39, 0.29) is 12.5 Å². The van der Waals surface area contributed by atoms with Crippen LogP contribution in [0.5, 0.6) is 0 Å². The molecular weight excluding hydrogens is 780 g/mol. The third-order valence-electron chi connectivity index (χ3n) is 11.2. The van der Waals surface area contributed by atoms with Crippen LogP contribution in [0, 0.1) is 0 Å². The fourth-order valence-electron chi connectivity index (χ4n) is 7.18. The molecule has 0 saturated heterocycles. The second kappa shape index (κ2) is 43.7. The summed E-state index contributed by atoms with van der Waals surface area (Å²) in [6.45, 7) is 4.60. The summed E-state index contributed by atoms with van der Waals surface area (Å²) in [6, 6.07) is -0.910. The number of nitrogens with one attached hydrogen (secondary N) is 1. The molecule has 0 bridgehead atoms. The molecule has 0 saturated carbocycles. The number of hydrogen-bond donors (Lipinski definition) is 2. The van der Waals surface area contributed by atoms with Crippen molar-refractivity contribution in [3.63, 3.8) is 0 Å². The van der Waals surface area contributed by atoms with Gasteiger partial charge in [0, 0.05) is 6.42 Å². The van der Waals surface area contributed by atoms with Crippen LogP contribution in [0.25, 0.3) is 0 Å². The quantitative estimate of drug-likeness (QED) is 0.0273. The van der Waals surface area contributed by atoms with E-state index in [0.29, 0.717) is 17.4 Å². The Morgan fingerprint density at radius 3 is 1.34 bits per heavy atom. The predicted molar refractivity (Wildman–Crippen MR) is 261 cm³/mol. The summed E-state index contributed by atoms with van der Waals surface area (Å²) in [7, 11) is 1.23. The van der Waals surface area contributed by atoms with Gasteiger partial charge in [-0.3, -0.25) is 9.36 Å². The van der Waals surface area contributed by atoms with Crippen molar-refractivity contribution in [2.45, 2.75) is 238 Å². The van der Waals surface area contributed by atoms with Gasteiger partial charge in [-0.2, -0.15) is 0 Å². The Morgan fingerprint density at radius 2 is 0.918 bits per heavy atom. The maximum Gasteiger partial charge on any atom is 0.268 e. The summed E-state index contributed by atoms with van der Waals surface area (Å²) < 4.78 is 23.2. The van der Waals surface area contributed by atoms with E-state index in [9.17, 15) is 19.4 Å². The lowest BCUT2D eigenvalue weighted by Crippen LogP contribution is -2.45. The first-order valence-corrected chi connectivity index (χ1v) is 27.0. The minimum absolute atomic E-state index is 0.0101. The van der Waals surface area contributed by atoms with Crippen LogP contribution in [0.4, 0.5) is 0 Å². The van der Waals surface area contributed by atoms with Crippen LogP contribution < -0.4 is 10.2 Å². The van der Waals surface area contributed by atoms with Crippen LogP contribution >= 0.6 is 7.82 Å². The lowest BCUT2D eigenvalue weighted by Gasteiger charge is -2.29. The zero-order chi connectivity index (χ0) is 45.0. The molecule has 0 spiro atoms. The van der Waals surface area contributed by atoms with Gasteiger partial charge in [0.05, 0.1) is 39.9 Å². The molecule has 0 radical (unpaired) electrons. The standard InChI is InChI=1S/C52H99N2O6P/c1-6-8-10-12-14-16-18-20-22-23-24-25-26-27-28-29-30-31-32-34-36-38-40-42-44-46-52(56)53-50(49-60-61(57,58)59-48-47-54(3,4)5)51(55)45-43-41-39-37-35-33-21-19-17-15-13-11-9-7-2/h17,19,27-28,35,37,43,45,50-51,55H,6-16,18,20-26,29-34,36,38-42,44,46-49H2,1-5H3,(H-,53,56,57,58)/b19-17+,28-27-,37-35+,45-43+. The number of quaternary nitrogens is 1. The van der Waals surface area contributed by atoms with Gasteiger partial charge in [-0.15, -0.1) is 0 Å². The van der Waals surface area contributed by atoms with Crippen molar-refractivity contribution in [3.8, 4) is 0 Å². The minimum Gasteiger partial charge on any atom is -0.756 e. The number of carbonyl (C=O) groups excluding carboxylic acids is 1. The first-order chi connectivity index (χ1) is 29.5. The van der Waals surface area contributed by atoms with Crippen LogP contribution in [0.3, 0.4) is 0 Å². The molecule has 0 aliphatic heterocycles. The summed E-state index contributed by atoms with van der Waals surface area (Å²) in [5.74, 6) is -0.214. The highest BCUT2D eigenvalue weighted by Crippen LogP contribution is 2.38. The molecule has 61 heavy (non-hydrogen) atoms. The van der Waals surface area contributed by atoms with Gasteiger partial charge < -0.3 is 28.8 Å². The van der Waals surface area contributed by atoms with Crippen molar-refractivity contribution >= 4 is 13.7 Å². The zero-order valence-electron chi connectivity index (χ0n) is 40.6. The molecular formula is C52H99N2O6P. The summed E-state index contributed by atoms with van der Waals surface area (Å²) in [6.07, 6.45) is 56.1. The number of carbonyl (C=O) groups is 1. The molecule has 3 atom stereocenters. The third-order valence-corrected chi connectivity index (χ3v) is 12.2. The largest absolute Gasteiger partial charge is 0.756 e. The van der Waals surface area contributed by atoms with Crippen LogP contribution in [0.1, 0.15) is 226 Å². The number of aliphatic hydroxyl groups excluding tert-OH is 1. The lowest BCUT2D eigenvalue weighted by atomic mass is 10.0. The van der Waals surface area contributed by atoms with Crippen molar-refractivity contribution in [3.05, 3.63) is 48.6 Å². The number of hydrogen-bond acceptors (Lipinski definition) is 6. The number of likely N-dealkylation sites (N-methyl/N-ethyl adjacent to an activating group) is 1. The molecule has 0 aliphatic carbocycles. The number of amides is 1. The fourth-order valence-corrected chi connectivity index (χ4v) is 7.90. The van der Waals surface area contributed by atoms with E-state index < -0.39 is 26.6 Å². The zero-order valence-corrected chi connectivity index (χ0v) is 41.5. The van der Waals surface area contributed by atoms with Gasteiger partial charge in [-0.05, 0) is 70.6 Å². The van der Waals surface area contributed by atoms with Gasteiger partial charge in [0.25, 0.3) is 7.82 Å². The van der Waals surface area contributed by atoms with Crippen LogP contribution in [-0.4, -0.2) is 68.5 Å². The molecule has 0 heterocycles. The molecule has 8 nitrogen and oxygen atoms in total. The van der Waals surface area contributed by atoms with Crippen molar-refractivity contribution in [2.75, 3.05) is 40.9 Å². The predicted octanol–water partition coefficient (Wildman–Crippen LogP) is 14.2. The monoisotopic (exact) mass is 879 g/mol. The van der Waals surface area contributed by atoms with Gasteiger partial charge in [-0.1, -0.05) is 197 Å². The van der Waals surface area contributed by atoms with Crippen LogP contribution in [-0.2, 0) is 18.4 Å². The molecule has 3 unspecified atom stereocenters.